The zero-order valence-electron chi connectivity index (χ0n) is 28.9. The van der Waals surface area contributed by atoms with Gasteiger partial charge in [0.15, 0.2) is 0 Å². The van der Waals surface area contributed by atoms with Crippen LogP contribution in [0.3, 0.4) is 0 Å². The summed E-state index contributed by atoms with van der Waals surface area (Å²) in [4.78, 5) is 27.1. The molecule has 0 N–H and O–H groups in total. The van der Waals surface area contributed by atoms with Gasteiger partial charge in [-0.05, 0) is 88.1 Å². The highest BCUT2D eigenvalue weighted by molar-refractivity contribution is 8.33. The van der Waals surface area contributed by atoms with Crippen molar-refractivity contribution in [1.29, 1.82) is 0 Å². The van der Waals surface area contributed by atoms with Crippen molar-refractivity contribution < 1.29 is 9.59 Å². The molecule has 0 aliphatic heterocycles. The number of nitrogens with zero attached hydrogens (tertiary/aromatic N) is 2. The molecular formula is C42H46N2O2SSi. The lowest BCUT2D eigenvalue weighted by Gasteiger charge is -2.33. The molecule has 0 aliphatic carbocycles. The average Bonchev–Trinajstić information content (AvgIpc) is 3.11. The summed E-state index contributed by atoms with van der Waals surface area (Å²) in [5.74, 6) is 1.09. The second-order valence-electron chi connectivity index (χ2n) is 12.2. The Balaban J connectivity index is 0.000000312. The van der Waals surface area contributed by atoms with Gasteiger partial charge < -0.3 is 9.80 Å². The number of amides is 2. The number of hydrogen-bond acceptors (Lipinski definition) is 3. The van der Waals surface area contributed by atoms with Crippen molar-refractivity contribution in [2.45, 2.75) is 20.3 Å². The molecule has 5 aromatic rings. The Labute approximate surface area is 291 Å². The molecular weight excluding hydrogens is 625 g/mol. The standard InChI is InChI=1S/C30H31NOSSi.C12H15NO/c1-24-23-26(30(32)31(2)3)20-19-25(24)21-22-33-34(27-13-7-4-8-14-27,28-15-9-5-10-16-28)29-17-11-6-12-18-29;1-5-10-6-7-11(8-9(10)2)12(14)13(3)4/h4-20,23H,21-22H2,1-3H3;5-8H,1H2,2-4H3. The Bertz CT molecular complexity index is 1730. The van der Waals surface area contributed by atoms with E-state index < -0.39 is 7.22 Å². The Hall–Kier alpha value is -4.65. The molecule has 5 aromatic carbocycles. The van der Waals surface area contributed by atoms with Crippen LogP contribution in [0.4, 0.5) is 0 Å². The van der Waals surface area contributed by atoms with Crippen LogP contribution < -0.4 is 15.6 Å². The normalized spacial score (nSPS) is 10.8. The summed E-state index contributed by atoms with van der Waals surface area (Å²) in [5.41, 5.74) is 6.10. The second kappa shape index (κ2) is 17.0. The molecule has 0 radical (unpaired) electrons. The van der Waals surface area contributed by atoms with E-state index >= 15 is 0 Å². The van der Waals surface area contributed by atoms with E-state index in [1.165, 1.54) is 26.7 Å². The van der Waals surface area contributed by atoms with Gasteiger partial charge in [-0.15, -0.1) is 0 Å². The minimum Gasteiger partial charge on any atom is -0.345 e. The molecule has 246 valence electrons. The topological polar surface area (TPSA) is 40.6 Å². The van der Waals surface area contributed by atoms with Crippen LogP contribution >= 0.6 is 11.2 Å². The third-order valence-electron chi connectivity index (χ3n) is 8.37. The number of carbonyl (C=O) groups is 2. The van der Waals surface area contributed by atoms with E-state index in [1.54, 1.807) is 44.1 Å². The number of aryl methyl sites for hydroxylation is 3. The Morgan fingerprint density at radius 1 is 0.625 bits per heavy atom. The van der Waals surface area contributed by atoms with Crippen LogP contribution in [0.5, 0.6) is 0 Å². The summed E-state index contributed by atoms with van der Waals surface area (Å²) < 4.78 is 0. The van der Waals surface area contributed by atoms with E-state index in [9.17, 15) is 9.59 Å². The van der Waals surface area contributed by atoms with Crippen molar-refractivity contribution in [1.82, 2.24) is 9.80 Å². The van der Waals surface area contributed by atoms with Gasteiger partial charge in [-0.25, -0.2) is 0 Å². The minimum atomic E-state index is -2.28. The monoisotopic (exact) mass is 670 g/mol. The lowest BCUT2D eigenvalue weighted by molar-refractivity contribution is 0.0820. The molecule has 0 aliphatic rings. The van der Waals surface area contributed by atoms with Gasteiger partial charge in [0.2, 0.25) is 7.22 Å². The van der Waals surface area contributed by atoms with Crippen molar-refractivity contribution in [2.75, 3.05) is 33.9 Å². The third kappa shape index (κ3) is 8.62. The van der Waals surface area contributed by atoms with Gasteiger partial charge in [0, 0.05) is 39.3 Å². The predicted octanol–water partition coefficient (Wildman–Crippen LogP) is 6.98. The maximum absolute atomic E-state index is 12.4. The summed E-state index contributed by atoms with van der Waals surface area (Å²) in [6, 6.07) is 44.8. The van der Waals surface area contributed by atoms with Gasteiger partial charge in [0.05, 0.1) is 0 Å². The van der Waals surface area contributed by atoms with Crippen molar-refractivity contribution in [2.24, 2.45) is 0 Å². The molecule has 6 heteroatoms. The molecule has 2 amide bonds. The number of benzene rings is 5. The lowest BCUT2D eigenvalue weighted by Crippen LogP contribution is -2.65. The smallest absolute Gasteiger partial charge is 0.253 e. The fourth-order valence-corrected chi connectivity index (χ4v) is 13.8. The second-order valence-corrected chi connectivity index (χ2v) is 18.7. The molecule has 0 heterocycles. The van der Waals surface area contributed by atoms with Gasteiger partial charge in [0.1, 0.15) is 0 Å². The van der Waals surface area contributed by atoms with Gasteiger partial charge in [-0.3, -0.25) is 9.59 Å². The first-order valence-corrected chi connectivity index (χ1v) is 19.9. The summed E-state index contributed by atoms with van der Waals surface area (Å²) in [6.45, 7) is 7.80. The highest BCUT2D eigenvalue weighted by Crippen LogP contribution is 2.24. The number of carbonyl (C=O) groups excluding carboxylic acids is 2. The van der Waals surface area contributed by atoms with Gasteiger partial charge in [-0.1, -0.05) is 116 Å². The molecule has 0 spiro atoms. The average molecular weight is 671 g/mol. The molecule has 0 atom stereocenters. The zero-order valence-corrected chi connectivity index (χ0v) is 30.8. The van der Waals surface area contributed by atoms with Crippen LogP contribution in [-0.4, -0.2) is 62.8 Å². The number of hydrogen-bond donors (Lipinski definition) is 0. The van der Waals surface area contributed by atoms with Crippen molar-refractivity contribution in [3.63, 3.8) is 0 Å². The summed E-state index contributed by atoms with van der Waals surface area (Å²) >= 11 is 2.11. The minimum absolute atomic E-state index is 0.0312. The van der Waals surface area contributed by atoms with E-state index in [-0.39, 0.29) is 11.8 Å². The van der Waals surface area contributed by atoms with E-state index in [2.05, 4.69) is 122 Å². The summed E-state index contributed by atoms with van der Waals surface area (Å²) in [7, 11) is 4.80. The van der Waals surface area contributed by atoms with Crippen LogP contribution in [0.25, 0.3) is 6.08 Å². The molecule has 5 rings (SSSR count). The molecule has 0 saturated carbocycles. The first-order valence-electron chi connectivity index (χ1n) is 16.1. The number of rotatable bonds is 10. The van der Waals surface area contributed by atoms with E-state index in [1.807, 2.05) is 37.3 Å². The van der Waals surface area contributed by atoms with Crippen LogP contribution in [0.15, 0.2) is 134 Å². The molecule has 4 nitrogen and oxygen atoms in total. The SMILES string of the molecule is C=Cc1ccc(C(=O)N(C)C)cc1C.Cc1cc(C(=O)N(C)C)ccc1CCS[Si](c1ccccc1)(c1ccccc1)c1ccccc1. The largest absolute Gasteiger partial charge is 0.345 e. The van der Waals surface area contributed by atoms with E-state index in [0.717, 1.165) is 34.4 Å². The van der Waals surface area contributed by atoms with Crippen LogP contribution in [-0.2, 0) is 6.42 Å². The van der Waals surface area contributed by atoms with E-state index in [4.69, 9.17) is 0 Å². The maximum Gasteiger partial charge on any atom is 0.253 e. The Kier molecular flexibility index (Phi) is 12.8. The van der Waals surface area contributed by atoms with Gasteiger partial charge in [-0.2, -0.15) is 11.2 Å². The van der Waals surface area contributed by atoms with Crippen molar-refractivity contribution in [3.8, 4) is 0 Å². The molecule has 0 bridgehead atoms. The molecule has 48 heavy (non-hydrogen) atoms. The fourth-order valence-electron chi connectivity index (χ4n) is 5.75. The van der Waals surface area contributed by atoms with E-state index in [0.29, 0.717) is 0 Å². The predicted molar refractivity (Wildman–Crippen MR) is 209 cm³/mol. The molecule has 0 fully saturated rings. The first kappa shape index (κ1) is 36.2. The molecule has 0 aromatic heterocycles. The van der Waals surface area contributed by atoms with Crippen LogP contribution in [0, 0.1) is 13.8 Å². The maximum atomic E-state index is 12.4. The van der Waals surface area contributed by atoms with Gasteiger partial charge >= 0.3 is 0 Å². The highest BCUT2D eigenvalue weighted by Gasteiger charge is 2.40. The Morgan fingerprint density at radius 3 is 1.42 bits per heavy atom. The third-order valence-corrected chi connectivity index (χ3v) is 16.7. The quantitative estimate of drug-likeness (QED) is 0.119. The van der Waals surface area contributed by atoms with Crippen molar-refractivity contribution in [3.05, 3.63) is 167 Å². The summed E-state index contributed by atoms with van der Waals surface area (Å²) in [6.07, 6.45) is 2.76. The molecule has 0 saturated heterocycles. The highest BCUT2D eigenvalue weighted by atomic mass is 32.4. The lowest BCUT2D eigenvalue weighted by atomic mass is 10.0. The summed E-state index contributed by atoms with van der Waals surface area (Å²) in [5, 5.41) is 4.25. The fraction of sp³-hybridized carbons (Fsp3) is 0.190. The van der Waals surface area contributed by atoms with Crippen LogP contribution in [0.1, 0.15) is 43.0 Å². The molecule has 0 unspecified atom stereocenters. The van der Waals surface area contributed by atoms with Crippen molar-refractivity contribution >= 4 is 51.9 Å². The van der Waals surface area contributed by atoms with Crippen LogP contribution in [0.2, 0.25) is 0 Å². The zero-order chi connectivity index (χ0) is 34.7. The van der Waals surface area contributed by atoms with Gasteiger partial charge in [0.25, 0.3) is 11.8 Å². The Morgan fingerprint density at radius 2 is 1.04 bits per heavy atom. The first-order chi connectivity index (χ1) is 23.1.